The molecule has 5 nitrogen and oxygen atoms in total. The third-order valence-electron chi connectivity index (χ3n) is 4.40. The number of rotatable bonds is 4. The molecule has 29 heavy (non-hydrogen) atoms. The van der Waals surface area contributed by atoms with Gasteiger partial charge in [-0.05, 0) is 30.3 Å². The summed E-state index contributed by atoms with van der Waals surface area (Å²) < 4.78 is 11.0. The van der Waals surface area contributed by atoms with Gasteiger partial charge in [0, 0.05) is 28.3 Å². The summed E-state index contributed by atoms with van der Waals surface area (Å²) in [5.41, 5.74) is 1.32. The summed E-state index contributed by atoms with van der Waals surface area (Å²) >= 11 is 12.2. The lowest BCUT2D eigenvalue weighted by atomic mass is 9.98. The SMILES string of the molecule is O=C(Nc1cc2c(cc1Cl)OCCO2)c1ccccc1C(=O)c1ccc(Cl)cc1. The van der Waals surface area contributed by atoms with Gasteiger partial charge in [-0.1, -0.05) is 41.4 Å². The minimum atomic E-state index is -0.457. The molecule has 0 saturated carbocycles. The number of halogens is 2. The van der Waals surface area contributed by atoms with Crippen LogP contribution in [0.2, 0.25) is 10.0 Å². The van der Waals surface area contributed by atoms with Crippen molar-refractivity contribution in [2.45, 2.75) is 0 Å². The molecule has 0 fully saturated rings. The van der Waals surface area contributed by atoms with Crippen molar-refractivity contribution < 1.29 is 19.1 Å². The Labute approximate surface area is 177 Å². The van der Waals surface area contributed by atoms with Gasteiger partial charge in [-0.2, -0.15) is 0 Å². The summed E-state index contributed by atoms with van der Waals surface area (Å²) in [6.07, 6.45) is 0. The van der Waals surface area contributed by atoms with Crippen LogP contribution in [0.1, 0.15) is 26.3 Å². The zero-order valence-corrected chi connectivity index (χ0v) is 16.6. The summed E-state index contributed by atoms with van der Waals surface area (Å²) in [6, 6.07) is 16.3. The minimum absolute atomic E-state index is 0.235. The highest BCUT2D eigenvalue weighted by atomic mass is 35.5. The van der Waals surface area contributed by atoms with Crippen molar-refractivity contribution in [2.75, 3.05) is 18.5 Å². The molecule has 3 aromatic carbocycles. The van der Waals surface area contributed by atoms with Gasteiger partial charge in [0.1, 0.15) is 13.2 Å². The number of nitrogens with one attached hydrogen (secondary N) is 1. The highest BCUT2D eigenvalue weighted by Gasteiger charge is 2.21. The van der Waals surface area contributed by atoms with Crippen LogP contribution >= 0.6 is 23.2 Å². The lowest BCUT2D eigenvalue weighted by molar-refractivity contribution is 0.0996. The van der Waals surface area contributed by atoms with Crippen LogP contribution in [-0.2, 0) is 0 Å². The van der Waals surface area contributed by atoms with Crippen LogP contribution < -0.4 is 14.8 Å². The number of hydrogen-bond donors (Lipinski definition) is 1. The molecule has 0 bridgehead atoms. The summed E-state index contributed by atoms with van der Waals surface area (Å²) in [5.74, 6) is 0.293. The number of ketones is 1. The molecule has 0 unspecified atom stereocenters. The zero-order chi connectivity index (χ0) is 20.4. The van der Waals surface area contributed by atoms with Gasteiger partial charge in [-0.3, -0.25) is 9.59 Å². The number of amides is 1. The van der Waals surface area contributed by atoms with Gasteiger partial charge in [0.05, 0.1) is 16.3 Å². The fourth-order valence-electron chi connectivity index (χ4n) is 2.99. The normalized spacial score (nSPS) is 12.3. The largest absolute Gasteiger partial charge is 0.486 e. The van der Waals surface area contributed by atoms with Crippen molar-refractivity contribution in [3.63, 3.8) is 0 Å². The fourth-order valence-corrected chi connectivity index (χ4v) is 3.31. The van der Waals surface area contributed by atoms with Crippen LogP contribution in [-0.4, -0.2) is 24.9 Å². The van der Waals surface area contributed by atoms with E-state index < -0.39 is 5.91 Å². The predicted octanol–water partition coefficient (Wildman–Crippen LogP) is 5.25. The standard InChI is InChI=1S/C22H15Cl2NO4/c23-14-7-5-13(6-8-14)21(26)15-3-1-2-4-16(15)22(27)25-18-12-20-19(11-17(18)24)28-9-10-29-20/h1-8,11-12H,9-10H2,(H,25,27). The van der Waals surface area contributed by atoms with Crippen molar-refractivity contribution in [1.82, 2.24) is 0 Å². The summed E-state index contributed by atoms with van der Waals surface area (Å²) in [6.45, 7) is 0.857. The van der Waals surface area contributed by atoms with Gasteiger partial charge in [-0.15, -0.1) is 0 Å². The number of anilines is 1. The molecule has 0 aliphatic carbocycles. The Morgan fingerprint density at radius 1 is 0.828 bits per heavy atom. The lowest BCUT2D eigenvalue weighted by Crippen LogP contribution is -2.18. The molecule has 0 saturated heterocycles. The molecule has 1 N–H and O–H groups in total. The van der Waals surface area contributed by atoms with E-state index >= 15 is 0 Å². The van der Waals surface area contributed by atoms with Crippen LogP contribution in [0.4, 0.5) is 5.69 Å². The second kappa shape index (κ2) is 8.15. The first-order valence-corrected chi connectivity index (χ1v) is 9.58. The van der Waals surface area contributed by atoms with E-state index in [1.54, 1.807) is 60.7 Å². The maximum Gasteiger partial charge on any atom is 0.256 e. The van der Waals surface area contributed by atoms with Crippen LogP contribution in [0.5, 0.6) is 11.5 Å². The number of carbonyl (C=O) groups excluding carboxylic acids is 2. The molecule has 1 aliphatic rings. The molecule has 1 heterocycles. The topological polar surface area (TPSA) is 64.6 Å². The summed E-state index contributed by atoms with van der Waals surface area (Å²) in [7, 11) is 0. The third kappa shape index (κ3) is 4.06. The Morgan fingerprint density at radius 3 is 2.14 bits per heavy atom. The van der Waals surface area contributed by atoms with Crippen LogP contribution in [0.3, 0.4) is 0 Å². The first-order valence-electron chi connectivity index (χ1n) is 8.83. The molecule has 1 amide bonds. The molecule has 4 rings (SSSR count). The highest BCUT2D eigenvalue weighted by Crippen LogP contribution is 2.38. The smallest absolute Gasteiger partial charge is 0.256 e. The van der Waals surface area contributed by atoms with Crippen molar-refractivity contribution in [3.05, 3.63) is 87.4 Å². The molecular weight excluding hydrogens is 413 g/mol. The molecule has 1 aliphatic heterocycles. The molecule has 146 valence electrons. The minimum Gasteiger partial charge on any atom is -0.486 e. The Balaban J connectivity index is 1.63. The monoisotopic (exact) mass is 427 g/mol. The Kier molecular flexibility index (Phi) is 5.43. The van der Waals surface area contributed by atoms with E-state index in [1.165, 1.54) is 0 Å². The first kappa shape index (κ1) is 19.3. The van der Waals surface area contributed by atoms with Gasteiger partial charge >= 0.3 is 0 Å². The lowest BCUT2D eigenvalue weighted by Gasteiger charge is -2.20. The van der Waals surface area contributed by atoms with E-state index in [1.807, 2.05) is 0 Å². The maximum absolute atomic E-state index is 12.9. The molecule has 0 aromatic heterocycles. The van der Waals surface area contributed by atoms with Gasteiger partial charge in [-0.25, -0.2) is 0 Å². The average Bonchev–Trinajstić information content (AvgIpc) is 2.74. The summed E-state index contributed by atoms with van der Waals surface area (Å²) in [5, 5.41) is 3.59. The number of hydrogen-bond acceptors (Lipinski definition) is 4. The molecular formula is C22H15Cl2NO4. The predicted molar refractivity (Wildman–Crippen MR) is 112 cm³/mol. The van der Waals surface area contributed by atoms with E-state index in [0.29, 0.717) is 46.0 Å². The Morgan fingerprint density at radius 2 is 1.45 bits per heavy atom. The van der Waals surface area contributed by atoms with Gasteiger partial charge in [0.15, 0.2) is 17.3 Å². The van der Waals surface area contributed by atoms with E-state index in [9.17, 15) is 9.59 Å². The van der Waals surface area contributed by atoms with Crippen LogP contribution in [0.25, 0.3) is 0 Å². The van der Waals surface area contributed by atoms with Gasteiger partial charge < -0.3 is 14.8 Å². The van der Waals surface area contributed by atoms with Crippen LogP contribution in [0, 0.1) is 0 Å². The Bertz CT molecular complexity index is 1100. The van der Waals surface area contributed by atoms with Crippen molar-refractivity contribution in [3.8, 4) is 11.5 Å². The maximum atomic E-state index is 12.9. The average molecular weight is 428 g/mol. The highest BCUT2D eigenvalue weighted by molar-refractivity contribution is 6.34. The molecule has 0 radical (unpaired) electrons. The van der Waals surface area contributed by atoms with E-state index in [4.69, 9.17) is 32.7 Å². The quantitative estimate of drug-likeness (QED) is 0.577. The van der Waals surface area contributed by atoms with Crippen molar-refractivity contribution in [2.24, 2.45) is 0 Å². The van der Waals surface area contributed by atoms with Crippen molar-refractivity contribution in [1.29, 1.82) is 0 Å². The van der Waals surface area contributed by atoms with E-state index in [-0.39, 0.29) is 16.9 Å². The number of carbonyl (C=O) groups is 2. The zero-order valence-electron chi connectivity index (χ0n) is 15.1. The number of ether oxygens (including phenoxy) is 2. The molecule has 0 atom stereocenters. The summed E-state index contributed by atoms with van der Waals surface area (Å²) in [4.78, 5) is 25.8. The molecule has 0 spiro atoms. The van der Waals surface area contributed by atoms with Gasteiger partial charge in [0.2, 0.25) is 0 Å². The molecule has 7 heteroatoms. The number of benzene rings is 3. The second-order valence-electron chi connectivity index (χ2n) is 6.31. The Hall–Kier alpha value is -3.02. The van der Waals surface area contributed by atoms with Gasteiger partial charge in [0.25, 0.3) is 5.91 Å². The van der Waals surface area contributed by atoms with Crippen molar-refractivity contribution >= 4 is 40.6 Å². The van der Waals surface area contributed by atoms with E-state index in [0.717, 1.165) is 0 Å². The fraction of sp³-hybridized carbons (Fsp3) is 0.0909. The first-order chi connectivity index (χ1) is 14.0. The van der Waals surface area contributed by atoms with E-state index in [2.05, 4.69) is 5.32 Å². The number of fused-ring (bicyclic) bond motifs is 1. The third-order valence-corrected chi connectivity index (χ3v) is 4.97. The second-order valence-corrected chi connectivity index (χ2v) is 7.16. The molecule has 3 aromatic rings. The van der Waals surface area contributed by atoms with Crippen LogP contribution in [0.15, 0.2) is 60.7 Å².